The number of carbonyl (C=O) groups excluding carboxylic acids is 6. The number of esters is 2. The minimum absolute atomic E-state index is 0.329. The molecule has 0 aromatic heterocycles. The van der Waals surface area contributed by atoms with Crippen molar-refractivity contribution in [1.82, 2.24) is 21.3 Å². The Labute approximate surface area is 304 Å². The summed E-state index contributed by atoms with van der Waals surface area (Å²) in [4.78, 5) is 76.7. The Morgan fingerprint density at radius 2 is 0.917 bits per heavy atom. The first-order chi connectivity index (χ1) is 22.2. The van der Waals surface area contributed by atoms with Crippen molar-refractivity contribution >= 4 is 85.7 Å². The van der Waals surface area contributed by atoms with E-state index in [1.54, 1.807) is 55.4 Å². The van der Waals surface area contributed by atoms with Gasteiger partial charge in [-0.1, -0.05) is 0 Å². The van der Waals surface area contributed by atoms with Gasteiger partial charge in [0.15, 0.2) is 0 Å². The van der Waals surface area contributed by atoms with Crippen molar-refractivity contribution in [2.45, 2.75) is 113 Å². The number of nitrogens with one attached hydrogen (secondary N) is 4. The van der Waals surface area contributed by atoms with E-state index in [0.717, 1.165) is 0 Å². The predicted molar refractivity (Wildman–Crippen MR) is 191 cm³/mol. The number of carbonyl (C=O) groups is 6. The van der Waals surface area contributed by atoms with Crippen molar-refractivity contribution in [2.24, 2.45) is 0 Å². The van der Waals surface area contributed by atoms with Crippen molar-refractivity contribution < 1.29 is 47.7 Å². The standard InChI is InChI=1S/C30H54N4O10S2Se2/c1-17(21(33-27(39)43-29(3,4)5)23(35)31-19(13-15-45-11)25(37)41-9)47-48-18(2)22(34-28(40)44-30(6,7)8)24(36)32-20(14-16-46-12)26(38)42-10/h17-22H,13-16H2,1-12H3,(H,31,35)(H,32,36)(H,33,39)(H,34,40)/t17-,18-,19-,20-,21-,22-/m0/s1. The van der Waals surface area contributed by atoms with Crippen LogP contribution in [0.2, 0.25) is 9.63 Å². The third-order valence-corrected chi connectivity index (χ3v) is 17.8. The van der Waals surface area contributed by atoms with Gasteiger partial charge in [0, 0.05) is 0 Å². The van der Waals surface area contributed by atoms with E-state index in [1.165, 1.54) is 37.7 Å². The zero-order valence-corrected chi connectivity index (χ0v) is 35.1. The Kier molecular flexibility index (Phi) is 21.9. The van der Waals surface area contributed by atoms with E-state index in [1.807, 2.05) is 12.5 Å². The number of hydrogen-bond donors (Lipinski definition) is 4. The van der Waals surface area contributed by atoms with Crippen molar-refractivity contribution in [2.75, 3.05) is 38.2 Å². The molecule has 0 bridgehead atoms. The second-order valence-corrected chi connectivity index (χ2v) is 22.7. The van der Waals surface area contributed by atoms with Crippen LogP contribution in [0.4, 0.5) is 9.59 Å². The molecular weight excluding hydrogens is 798 g/mol. The quantitative estimate of drug-likeness (QED) is 0.0847. The third-order valence-electron chi connectivity index (χ3n) is 6.03. The van der Waals surface area contributed by atoms with Crippen LogP contribution in [0.25, 0.3) is 0 Å². The van der Waals surface area contributed by atoms with Gasteiger partial charge in [0.05, 0.1) is 0 Å². The van der Waals surface area contributed by atoms with Gasteiger partial charge in [-0.3, -0.25) is 0 Å². The van der Waals surface area contributed by atoms with Crippen molar-refractivity contribution in [3.05, 3.63) is 0 Å². The van der Waals surface area contributed by atoms with E-state index in [9.17, 15) is 28.8 Å². The van der Waals surface area contributed by atoms with Gasteiger partial charge in [-0.05, 0) is 0 Å². The summed E-state index contributed by atoms with van der Waals surface area (Å²) in [6.45, 7) is 13.8. The fourth-order valence-corrected chi connectivity index (χ4v) is 12.9. The maximum absolute atomic E-state index is 13.6. The fraction of sp³-hybridized carbons (Fsp3) is 0.800. The molecule has 0 aliphatic heterocycles. The number of thioether (sulfide) groups is 2. The van der Waals surface area contributed by atoms with Crippen LogP contribution in [0.1, 0.15) is 68.2 Å². The summed E-state index contributed by atoms with van der Waals surface area (Å²) in [5.74, 6) is -1.18. The summed E-state index contributed by atoms with van der Waals surface area (Å²) >= 11 is 2.32. The van der Waals surface area contributed by atoms with Gasteiger partial charge in [0.1, 0.15) is 0 Å². The molecule has 18 heteroatoms. The van der Waals surface area contributed by atoms with Gasteiger partial charge in [-0.15, -0.1) is 0 Å². The molecule has 0 heterocycles. The molecule has 4 N–H and O–H groups in total. The number of alkyl carbamates (subject to hydrolysis) is 2. The van der Waals surface area contributed by atoms with Crippen LogP contribution >= 0.6 is 23.5 Å². The predicted octanol–water partition coefficient (Wildman–Crippen LogP) is 2.54. The summed E-state index contributed by atoms with van der Waals surface area (Å²) in [5, 5.41) is 10.8. The molecule has 0 saturated carbocycles. The van der Waals surface area contributed by atoms with Gasteiger partial charge in [0.25, 0.3) is 0 Å². The molecular formula is C30H54N4O10S2Se2. The van der Waals surface area contributed by atoms with Crippen LogP contribution in [0, 0.1) is 0 Å². The summed E-state index contributed by atoms with van der Waals surface area (Å²) in [6, 6.07) is -3.97. The van der Waals surface area contributed by atoms with E-state index in [2.05, 4.69) is 21.3 Å². The molecule has 14 nitrogen and oxygen atoms in total. The molecule has 0 rings (SSSR count). The number of methoxy groups -OCH3 is 2. The Bertz CT molecular complexity index is 993. The van der Waals surface area contributed by atoms with Crippen LogP contribution in [-0.4, -0.2) is 136 Å². The minimum atomic E-state index is -1.07. The molecule has 0 aromatic rings. The van der Waals surface area contributed by atoms with Gasteiger partial charge in [-0.2, -0.15) is 0 Å². The zero-order chi connectivity index (χ0) is 37.2. The summed E-state index contributed by atoms with van der Waals surface area (Å²) < 4.78 is 20.6. The fourth-order valence-electron chi connectivity index (χ4n) is 3.72. The van der Waals surface area contributed by atoms with Crippen molar-refractivity contribution in [3.63, 3.8) is 0 Å². The second kappa shape index (κ2) is 22.8. The van der Waals surface area contributed by atoms with Gasteiger partial charge in [0.2, 0.25) is 0 Å². The third kappa shape index (κ3) is 19.4. The average Bonchev–Trinajstić information content (AvgIpc) is 2.98. The molecule has 0 saturated heterocycles. The molecule has 0 unspecified atom stereocenters. The molecule has 48 heavy (non-hydrogen) atoms. The topological polar surface area (TPSA) is 187 Å². The Hall–Kier alpha value is -1.84. The monoisotopic (exact) mass is 854 g/mol. The molecule has 278 valence electrons. The molecule has 0 spiro atoms. The molecule has 4 amide bonds. The number of ether oxygens (including phenoxy) is 4. The number of hydrogen-bond acceptors (Lipinski definition) is 12. The normalized spacial score (nSPS) is 15.3. The second-order valence-electron chi connectivity index (χ2n) is 12.6. The van der Waals surface area contributed by atoms with Crippen molar-refractivity contribution in [1.29, 1.82) is 0 Å². The summed E-state index contributed by atoms with van der Waals surface area (Å²) in [7, 11) is 2.47. The van der Waals surface area contributed by atoms with Gasteiger partial charge < -0.3 is 0 Å². The van der Waals surface area contributed by atoms with Crippen LogP contribution in [0.5, 0.6) is 0 Å². The first-order valence-corrected chi connectivity index (χ1v) is 24.3. The molecule has 0 aliphatic rings. The van der Waals surface area contributed by atoms with Crippen LogP contribution in [-0.2, 0) is 38.1 Å². The number of amides is 4. The van der Waals surface area contributed by atoms with Gasteiger partial charge >= 0.3 is 306 Å². The van der Waals surface area contributed by atoms with E-state index < -0.39 is 80.9 Å². The van der Waals surface area contributed by atoms with E-state index in [0.29, 0.717) is 24.3 Å². The molecule has 0 radical (unpaired) electrons. The molecule has 0 aliphatic carbocycles. The summed E-state index contributed by atoms with van der Waals surface area (Å²) in [6.07, 6.45) is 2.82. The Morgan fingerprint density at radius 3 is 1.17 bits per heavy atom. The summed E-state index contributed by atoms with van der Waals surface area (Å²) in [5.41, 5.74) is -1.65. The van der Waals surface area contributed by atoms with Crippen LogP contribution in [0.15, 0.2) is 0 Å². The maximum atomic E-state index is 13.6. The average molecular weight is 853 g/mol. The molecule has 0 aromatic carbocycles. The molecule has 6 atom stereocenters. The Morgan fingerprint density at radius 1 is 0.604 bits per heavy atom. The van der Waals surface area contributed by atoms with E-state index >= 15 is 0 Å². The van der Waals surface area contributed by atoms with Gasteiger partial charge in [-0.25, -0.2) is 0 Å². The zero-order valence-electron chi connectivity index (χ0n) is 30.0. The first kappa shape index (κ1) is 46.2. The van der Waals surface area contributed by atoms with E-state index in [-0.39, 0.29) is 26.3 Å². The van der Waals surface area contributed by atoms with E-state index in [4.69, 9.17) is 18.9 Å². The molecule has 0 fully saturated rings. The SMILES string of the molecule is COC(=O)[C@H](CCSC)NC(=O)[C@@H](NC(=O)OC(C)(C)C)[C@H](C)[Se][Se][C@@H](C)[C@H](NC(=O)OC(C)(C)C)C(=O)N[C@@H](CCSC)C(=O)OC. The van der Waals surface area contributed by atoms with Crippen molar-refractivity contribution in [3.8, 4) is 0 Å². The first-order valence-electron chi connectivity index (χ1n) is 15.2. The van der Waals surface area contributed by atoms with Crippen LogP contribution < -0.4 is 21.3 Å². The Balaban J connectivity index is 6.19. The van der Waals surface area contributed by atoms with Crippen LogP contribution in [0.3, 0.4) is 0 Å². The number of rotatable bonds is 19.